The second kappa shape index (κ2) is 10.2. The van der Waals surface area contributed by atoms with Crippen molar-refractivity contribution in [3.05, 3.63) is 103 Å². The molecule has 7 rings (SSSR count). The first-order valence-electron chi connectivity index (χ1n) is 12.8. The lowest BCUT2D eigenvalue weighted by Crippen LogP contribution is -1.96. The highest BCUT2D eigenvalue weighted by Gasteiger charge is 2.18. The molecular weight excluding hydrogens is 521 g/mol. The minimum absolute atomic E-state index is 0.404. The van der Waals surface area contributed by atoms with E-state index < -0.39 is 5.82 Å². The molecule has 7 aromatic rings. The SMILES string of the molecule is COc1cc(F)cc(-c2ccnc3[nH]c(-c4n[nH]c5ccc(-c6cncc(OCc7ccccc7)c6)nc45)nc23)c1. The van der Waals surface area contributed by atoms with Crippen molar-refractivity contribution < 1.29 is 13.9 Å². The van der Waals surface area contributed by atoms with Crippen LogP contribution in [-0.4, -0.2) is 42.2 Å². The maximum atomic E-state index is 14.3. The van der Waals surface area contributed by atoms with Gasteiger partial charge in [0.25, 0.3) is 0 Å². The quantitative estimate of drug-likeness (QED) is 0.241. The summed E-state index contributed by atoms with van der Waals surface area (Å²) in [6, 6.07) is 22.0. The Balaban J connectivity index is 1.24. The summed E-state index contributed by atoms with van der Waals surface area (Å²) in [4.78, 5) is 21.7. The van der Waals surface area contributed by atoms with Gasteiger partial charge in [0, 0.05) is 29.6 Å². The average molecular weight is 544 g/mol. The van der Waals surface area contributed by atoms with Crippen LogP contribution in [0.15, 0.2) is 91.4 Å². The van der Waals surface area contributed by atoms with Crippen LogP contribution in [0.25, 0.3) is 56.1 Å². The molecule has 200 valence electrons. The third-order valence-electron chi connectivity index (χ3n) is 6.69. The van der Waals surface area contributed by atoms with E-state index in [2.05, 4.69) is 25.1 Å². The zero-order chi connectivity index (χ0) is 27.8. The molecule has 2 N–H and O–H groups in total. The van der Waals surface area contributed by atoms with Gasteiger partial charge in [-0.1, -0.05) is 30.3 Å². The summed E-state index contributed by atoms with van der Waals surface area (Å²) < 4.78 is 25.5. The molecule has 5 heterocycles. The van der Waals surface area contributed by atoms with Crippen molar-refractivity contribution in [3.63, 3.8) is 0 Å². The molecule has 0 bridgehead atoms. The summed E-state index contributed by atoms with van der Waals surface area (Å²) in [5, 5.41) is 7.52. The van der Waals surface area contributed by atoms with Crippen LogP contribution in [0.3, 0.4) is 0 Å². The number of hydrogen-bond acceptors (Lipinski definition) is 7. The average Bonchev–Trinajstić information content (AvgIpc) is 3.64. The van der Waals surface area contributed by atoms with E-state index in [1.54, 1.807) is 30.7 Å². The molecule has 0 spiro atoms. The molecule has 0 atom stereocenters. The number of rotatable bonds is 7. The van der Waals surface area contributed by atoms with E-state index >= 15 is 0 Å². The molecule has 0 aliphatic rings. The van der Waals surface area contributed by atoms with Crippen LogP contribution in [0.2, 0.25) is 0 Å². The second-order valence-corrected chi connectivity index (χ2v) is 9.37. The summed E-state index contributed by atoms with van der Waals surface area (Å²) in [5.41, 5.74) is 6.95. The predicted octanol–water partition coefficient (Wildman–Crippen LogP) is 6.35. The Morgan fingerprint density at radius 3 is 2.61 bits per heavy atom. The van der Waals surface area contributed by atoms with Crippen molar-refractivity contribution in [2.45, 2.75) is 6.61 Å². The zero-order valence-corrected chi connectivity index (χ0v) is 21.8. The van der Waals surface area contributed by atoms with E-state index in [1.807, 2.05) is 48.5 Å². The molecule has 0 unspecified atom stereocenters. The van der Waals surface area contributed by atoms with Gasteiger partial charge in [-0.3, -0.25) is 10.1 Å². The van der Waals surface area contributed by atoms with Gasteiger partial charge in [-0.05, 0) is 47.5 Å². The molecule has 0 fully saturated rings. The Labute approximate surface area is 233 Å². The molecule has 0 radical (unpaired) electrons. The van der Waals surface area contributed by atoms with Gasteiger partial charge in [-0.2, -0.15) is 5.10 Å². The largest absolute Gasteiger partial charge is 0.497 e. The molecule has 5 aromatic heterocycles. The Hall–Kier alpha value is -5.64. The van der Waals surface area contributed by atoms with E-state index in [9.17, 15) is 4.39 Å². The fourth-order valence-electron chi connectivity index (χ4n) is 4.70. The van der Waals surface area contributed by atoms with E-state index in [1.165, 1.54) is 19.2 Å². The lowest BCUT2D eigenvalue weighted by Gasteiger charge is -2.08. The molecule has 9 nitrogen and oxygen atoms in total. The van der Waals surface area contributed by atoms with Crippen LogP contribution < -0.4 is 9.47 Å². The number of fused-ring (bicyclic) bond motifs is 2. The Bertz CT molecular complexity index is 2020. The molecule has 41 heavy (non-hydrogen) atoms. The molecule has 10 heteroatoms. The first-order valence-corrected chi connectivity index (χ1v) is 12.8. The normalized spacial score (nSPS) is 11.3. The summed E-state index contributed by atoms with van der Waals surface area (Å²) in [6.45, 7) is 0.439. The maximum Gasteiger partial charge on any atom is 0.162 e. The highest BCUT2D eigenvalue weighted by atomic mass is 19.1. The number of hydrogen-bond donors (Lipinski definition) is 2. The van der Waals surface area contributed by atoms with Crippen LogP contribution in [-0.2, 0) is 6.61 Å². The number of aromatic amines is 2. The van der Waals surface area contributed by atoms with Crippen molar-refractivity contribution in [3.8, 4) is 45.4 Å². The molecule has 0 saturated carbocycles. The van der Waals surface area contributed by atoms with Crippen LogP contribution in [0.5, 0.6) is 11.5 Å². The summed E-state index contributed by atoms with van der Waals surface area (Å²) in [7, 11) is 1.50. The predicted molar refractivity (Wildman–Crippen MR) is 153 cm³/mol. The van der Waals surface area contributed by atoms with Gasteiger partial charge in [0.15, 0.2) is 17.2 Å². The lowest BCUT2D eigenvalue weighted by molar-refractivity contribution is 0.305. The highest BCUT2D eigenvalue weighted by molar-refractivity contribution is 5.95. The number of nitrogens with one attached hydrogen (secondary N) is 2. The zero-order valence-electron chi connectivity index (χ0n) is 21.8. The van der Waals surface area contributed by atoms with Crippen LogP contribution in [0.4, 0.5) is 4.39 Å². The fraction of sp³-hybridized carbons (Fsp3) is 0.0645. The van der Waals surface area contributed by atoms with Gasteiger partial charge >= 0.3 is 0 Å². The highest BCUT2D eigenvalue weighted by Crippen LogP contribution is 2.33. The van der Waals surface area contributed by atoms with E-state index in [0.717, 1.165) is 16.6 Å². The van der Waals surface area contributed by atoms with Gasteiger partial charge in [0.2, 0.25) is 0 Å². The molecule has 0 aliphatic carbocycles. The Morgan fingerprint density at radius 2 is 1.73 bits per heavy atom. The number of halogens is 1. The molecule has 2 aromatic carbocycles. The summed E-state index contributed by atoms with van der Waals surface area (Å²) in [5.74, 6) is 1.14. The molecule has 0 amide bonds. The van der Waals surface area contributed by atoms with Crippen molar-refractivity contribution >= 4 is 22.2 Å². The standard InChI is InChI=1S/C31H22FN7O2/c1-40-22-12-19(11-21(32)14-22)24-9-10-34-30-27(24)36-31(37-30)29-28-26(38-39-29)8-7-25(35-28)20-13-23(16-33-15-20)41-17-18-5-3-2-4-6-18/h2-16H,17H2,1H3,(H,38,39)(H,34,36,37). The summed E-state index contributed by atoms with van der Waals surface area (Å²) in [6.07, 6.45) is 5.07. The van der Waals surface area contributed by atoms with Gasteiger partial charge in [0.05, 0.1) is 24.5 Å². The summed E-state index contributed by atoms with van der Waals surface area (Å²) >= 11 is 0. The monoisotopic (exact) mass is 543 g/mol. The van der Waals surface area contributed by atoms with Crippen molar-refractivity contribution in [1.82, 2.24) is 35.1 Å². The smallest absolute Gasteiger partial charge is 0.162 e. The minimum Gasteiger partial charge on any atom is -0.497 e. The fourth-order valence-corrected chi connectivity index (χ4v) is 4.70. The number of methoxy groups -OCH3 is 1. The first kappa shape index (κ1) is 24.4. The lowest BCUT2D eigenvalue weighted by atomic mass is 10.1. The van der Waals surface area contributed by atoms with Gasteiger partial charge in [-0.15, -0.1) is 0 Å². The number of nitrogens with zero attached hydrogens (tertiary/aromatic N) is 5. The van der Waals surface area contributed by atoms with Crippen molar-refractivity contribution in [2.24, 2.45) is 0 Å². The van der Waals surface area contributed by atoms with Gasteiger partial charge < -0.3 is 14.5 Å². The number of imidazole rings is 1. The van der Waals surface area contributed by atoms with E-state index in [4.69, 9.17) is 19.4 Å². The topological polar surface area (TPSA) is 114 Å². The van der Waals surface area contributed by atoms with E-state index in [0.29, 0.717) is 63.1 Å². The van der Waals surface area contributed by atoms with Crippen molar-refractivity contribution in [2.75, 3.05) is 7.11 Å². The van der Waals surface area contributed by atoms with Crippen LogP contribution in [0.1, 0.15) is 5.56 Å². The van der Waals surface area contributed by atoms with Crippen molar-refractivity contribution in [1.29, 1.82) is 0 Å². The Morgan fingerprint density at radius 1 is 0.854 bits per heavy atom. The third kappa shape index (κ3) is 4.71. The van der Waals surface area contributed by atoms with Gasteiger partial charge in [-0.25, -0.2) is 19.3 Å². The number of ether oxygens (including phenoxy) is 2. The van der Waals surface area contributed by atoms with Gasteiger partial charge in [0.1, 0.15) is 35.0 Å². The second-order valence-electron chi connectivity index (χ2n) is 9.37. The number of aromatic nitrogens is 7. The number of H-pyrrole nitrogens is 2. The molecular formula is C31H22FN7O2. The number of benzene rings is 2. The van der Waals surface area contributed by atoms with E-state index in [-0.39, 0.29) is 0 Å². The Kier molecular flexibility index (Phi) is 6.05. The first-order chi connectivity index (χ1) is 20.1. The maximum absolute atomic E-state index is 14.3. The van der Waals surface area contributed by atoms with Crippen LogP contribution in [0, 0.1) is 5.82 Å². The molecule has 0 saturated heterocycles. The van der Waals surface area contributed by atoms with Crippen LogP contribution >= 0.6 is 0 Å². The number of pyridine rings is 3. The minimum atomic E-state index is -0.404. The molecule has 0 aliphatic heterocycles. The third-order valence-corrected chi connectivity index (χ3v) is 6.69.